The van der Waals surface area contributed by atoms with E-state index in [0.29, 0.717) is 12.6 Å². The zero-order valence-corrected chi connectivity index (χ0v) is 20.6. The van der Waals surface area contributed by atoms with E-state index in [2.05, 4.69) is 40.7 Å². The van der Waals surface area contributed by atoms with Gasteiger partial charge in [0.1, 0.15) is 11.9 Å². The highest BCUT2D eigenvalue weighted by atomic mass is 127. The van der Waals surface area contributed by atoms with Crippen LogP contribution in [0.15, 0.2) is 47.7 Å². The van der Waals surface area contributed by atoms with E-state index in [1.54, 1.807) is 0 Å². The Balaban J connectivity index is 0.00000320. The molecular weight excluding hydrogens is 491 g/mol. The number of benzene rings is 1. The molecule has 0 spiro atoms. The lowest BCUT2D eigenvalue weighted by Crippen LogP contribution is -2.51. The molecule has 7 nitrogen and oxygen atoms in total. The Morgan fingerprint density at radius 3 is 2.77 bits per heavy atom. The molecule has 2 unspecified atom stereocenters. The molecule has 2 heterocycles. The van der Waals surface area contributed by atoms with E-state index in [9.17, 15) is 0 Å². The van der Waals surface area contributed by atoms with Gasteiger partial charge in [-0.05, 0) is 38.3 Å². The monoisotopic (exact) mass is 526 g/mol. The van der Waals surface area contributed by atoms with Crippen LogP contribution < -0.4 is 20.3 Å². The van der Waals surface area contributed by atoms with Crippen molar-refractivity contribution in [2.75, 3.05) is 31.1 Å². The Hall–Kier alpha value is -1.97. The van der Waals surface area contributed by atoms with Crippen LogP contribution >= 0.6 is 24.0 Å². The standard InChI is InChI=1S/C22H34N6O.HI/c1-4-20(29-21-11-7-6-8-12-21)15-24-22(23-5-2)26-18-10-9-13-28(16-18)19-14-25-27(3)17-19;/h6-8,11-12,14,17-18,20H,4-5,9-10,13,15-16H2,1-3H3,(H2,23,24,26);1H. The van der Waals surface area contributed by atoms with E-state index in [0.717, 1.165) is 50.6 Å². The van der Waals surface area contributed by atoms with Gasteiger partial charge in [-0.1, -0.05) is 25.1 Å². The first-order valence-electron chi connectivity index (χ1n) is 10.7. The Kier molecular flexibility index (Phi) is 10.3. The number of ether oxygens (including phenoxy) is 1. The number of nitrogens with one attached hydrogen (secondary N) is 2. The van der Waals surface area contributed by atoms with Crippen molar-refractivity contribution >= 4 is 35.6 Å². The van der Waals surface area contributed by atoms with Crippen LogP contribution in [-0.2, 0) is 7.05 Å². The first kappa shape index (κ1) is 24.3. The average molecular weight is 526 g/mol. The maximum atomic E-state index is 6.08. The highest BCUT2D eigenvalue weighted by Gasteiger charge is 2.22. The lowest BCUT2D eigenvalue weighted by molar-refractivity contribution is 0.205. The molecule has 1 aliphatic rings. The summed E-state index contributed by atoms with van der Waals surface area (Å²) in [6.07, 6.45) is 7.28. The summed E-state index contributed by atoms with van der Waals surface area (Å²) in [6, 6.07) is 10.3. The summed E-state index contributed by atoms with van der Waals surface area (Å²) in [5, 5.41) is 11.3. The van der Waals surface area contributed by atoms with Crippen molar-refractivity contribution in [2.45, 2.75) is 45.3 Å². The minimum absolute atomic E-state index is 0. The second-order valence-corrected chi connectivity index (χ2v) is 7.48. The molecule has 166 valence electrons. The maximum absolute atomic E-state index is 6.08. The Labute approximate surface area is 197 Å². The molecule has 0 saturated carbocycles. The van der Waals surface area contributed by atoms with Gasteiger partial charge in [0, 0.05) is 38.9 Å². The summed E-state index contributed by atoms with van der Waals surface area (Å²) in [5.74, 6) is 1.76. The van der Waals surface area contributed by atoms with Crippen LogP contribution in [0.2, 0.25) is 0 Å². The molecule has 30 heavy (non-hydrogen) atoms. The van der Waals surface area contributed by atoms with Gasteiger partial charge < -0.3 is 20.3 Å². The van der Waals surface area contributed by atoms with Gasteiger partial charge in [0.2, 0.25) is 0 Å². The van der Waals surface area contributed by atoms with Gasteiger partial charge in [-0.3, -0.25) is 4.68 Å². The molecule has 1 aliphatic heterocycles. The first-order chi connectivity index (χ1) is 14.2. The third-order valence-corrected chi connectivity index (χ3v) is 5.12. The summed E-state index contributed by atoms with van der Waals surface area (Å²) < 4.78 is 7.94. The molecule has 0 amide bonds. The van der Waals surface area contributed by atoms with Crippen LogP contribution in [-0.4, -0.2) is 54.1 Å². The largest absolute Gasteiger partial charge is 0.489 e. The summed E-state index contributed by atoms with van der Waals surface area (Å²) in [7, 11) is 1.96. The summed E-state index contributed by atoms with van der Waals surface area (Å²) >= 11 is 0. The fourth-order valence-corrected chi connectivity index (χ4v) is 3.55. The van der Waals surface area contributed by atoms with Gasteiger partial charge in [0.05, 0.1) is 18.4 Å². The number of halogens is 1. The number of piperidine rings is 1. The number of aryl methyl sites for hydroxylation is 1. The van der Waals surface area contributed by atoms with Crippen LogP contribution in [0.1, 0.15) is 33.1 Å². The number of rotatable bonds is 8. The maximum Gasteiger partial charge on any atom is 0.191 e. The number of para-hydroxylation sites is 1. The van der Waals surface area contributed by atoms with Crippen molar-refractivity contribution in [3.05, 3.63) is 42.7 Å². The predicted molar refractivity (Wildman–Crippen MR) is 134 cm³/mol. The molecule has 0 bridgehead atoms. The molecular formula is C22H35IN6O. The number of anilines is 1. The lowest BCUT2D eigenvalue weighted by atomic mass is 10.1. The second kappa shape index (κ2) is 12.7. The third-order valence-electron chi connectivity index (χ3n) is 5.12. The zero-order valence-electron chi connectivity index (χ0n) is 18.3. The smallest absolute Gasteiger partial charge is 0.191 e. The summed E-state index contributed by atoms with van der Waals surface area (Å²) in [4.78, 5) is 7.21. The van der Waals surface area contributed by atoms with E-state index in [-0.39, 0.29) is 30.1 Å². The van der Waals surface area contributed by atoms with E-state index < -0.39 is 0 Å². The molecule has 1 fully saturated rings. The SMILES string of the molecule is CCNC(=NCC(CC)Oc1ccccc1)NC1CCCN(c2cnn(C)c2)C1.I. The van der Waals surface area contributed by atoms with Gasteiger partial charge in [0.15, 0.2) is 5.96 Å². The molecule has 2 aromatic rings. The van der Waals surface area contributed by atoms with Crippen molar-refractivity contribution in [3.63, 3.8) is 0 Å². The van der Waals surface area contributed by atoms with Gasteiger partial charge in [0.25, 0.3) is 0 Å². The Bertz CT molecular complexity index is 766. The van der Waals surface area contributed by atoms with Crippen molar-refractivity contribution in [1.29, 1.82) is 0 Å². The van der Waals surface area contributed by atoms with Crippen LogP contribution in [0.25, 0.3) is 0 Å². The number of hydrogen-bond acceptors (Lipinski definition) is 4. The highest BCUT2D eigenvalue weighted by Crippen LogP contribution is 2.19. The van der Waals surface area contributed by atoms with Crippen LogP contribution in [0.5, 0.6) is 5.75 Å². The molecule has 1 aromatic carbocycles. The molecule has 1 aromatic heterocycles. The zero-order chi connectivity index (χ0) is 20.5. The fourth-order valence-electron chi connectivity index (χ4n) is 3.55. The van der Waals surface area contributed by atoms with Crippen LogP contribution in [0, 0.1) is 0 Å². The van der Waals surface area contributed by atoms with Crippen molar-refractivity contribution < 1.29 is 4.74 Å². The predicted octanol–water partition coefficient (Wildman–Crippen LogP) is 3.42. The number of nitrogens with zero attached hydrogens (tertiary/aromatic N) is 4. The fraction of sp³-hybridized carbons (Fsp3) is 0.545. The highest BCUT2D eigenvalue weighted by molar-refractivity contribution is 14.0. The normalized spacial score (nSPS) is 17.8. The van der Waals surface area contributed by atoms with Crippen molar-refractivity contribution in [1.82, 2.24) is 20.4 Å². The Morgan fingerprint density at radius 1 is 1.30 bits per heavy atom. The van der Waals surface area contributed by atoms with Crippen LogP contribution in [0.4, 0.5) is 5.69 Å². The molecule has 1 saturated heterocycles. The van der Waals surface area contributed by atoms with E-state index >= 15 is 0 Å². The number of hydrogen-bond donors (Lipinski definition) is 2. The van der Waals surface area contributed by atoms with Gasteiger partial charge in [-0.15, -0.1) is 24.0 Å². The molecule has 3 rings (SSSR count). The van der Waals surface area contributed by atoms with Gasteiger partial charge >= 0.3 is 0 Å². The molecule has 2 atom stereocenters. The van der Waals surface area contributed by atoms with E-state index in [1.807, 2.05) is 48.3 Å². The average Bonchev–Trinajstić information content (AvgIpc) is 3.18. The number of aromatic nitrogens is 2. The van der Waals surface area contributed by atoms with Gasteiger partial charge in [-0.2, -0.15) is 5.10 Å². The van der Waals surface area contributed by atoms with E-state index in [1.165, 1.54) is 5.69 Å². The van der Waals surface area contributed by atoms with Crippen molar-refractivity contribution in [2.24, 2.45) is 12.0 Å². The third kappa shape index (κ3) is 7.37. The van der Waals surface area contributed by atoms with Crippen LogP contribution in [0.3, 0.4) is 0 Å². The van der Waals surface area contributed by atoms with E-state index in [4.69, 9.17) is 9.73 Å². The summed E-state index contributed by atoms with van der Waals surface area (Å²) in [6.45, 7) is 7.71. The van der Waals surface area contributed by atoms with Gasteiger partial charge in [-0.25, -0.2) is 4.99 Å². The van der Waals surface area contributed by atoms with Crippen molar-refractivity contribution in [3.8, 4) is 5.75 Å². The molecule has 2 N–H and O–H groups in total. The number of aliphatic imine (C=N–C) groups is 1. The lowest BCUT2D eigenvalue weighted by Gasteiger charge is -2.34. The second-order valence-electron chi connectivity index (χ2n) is 7.48. The molecule has 8 heteroatoms. The quantitative estimate of drug-likeness (QED) is 0.314. The number of guanidine groups is 1. The summed E-state index contributed by atoms with van der Waals surface area (Å²) in [5.41, 5.74) is 1.18. The minimum Gasteiger partial charge on any atom is -0.489 e. The Morgan fingerprint density at radius 2 is 2.10 bits per heavy atom. The minimum atomic E-state index is 0. The topological polar surface area (TPSA) is 66.7 Å². The molecule has 0 radical (unpaired) electrons. The first-order valence-corrected chi connectivity index (χ1v) is 10.7. The molecule has 0 aliphatic carbocycles.